The zero-order valence-electron chi connectivity index (χ0n) is 8.36. The molecule has 0 fully saturated rings. The van der Waals surface area contributed by atoms with E-state index < -0.39 is 16.7 Å². The normalized spacial score (nSPS) is 10.1. The van der Waals surface area contributed by atoms with Gasteiger partial charge in [0.2, 0.25) is 5.76 Å². The first-order chi connectivity index (χ1) is 8.09. The summed E-state index contributed by atoms with van der Waals surface area (Å²) >= 11 is 0. The Balaban J connectivity index is 2.60. The van der Waals surface area contributed by atoms with Crippen LogP contribution in [-0.4, -0.2) is 20.8 Å². The standard InChI is InChI=1S/C9H6N4O4/c10-9(14)8-5(3-7(17-8)13(15)16)6-4-11-1-2-12-6/h1-4H,(H2,10,14). The lowest BCUT2D eigenvalue weighted by Crippen LogP contribution is -2.11. The van der Waals surface area contributed by atoms with Gasteiger partial charge in [0.05, 0.1) is 23.5 Å². The third-order valence-electron chi connectivity index (χ3n) is 1.96. The van der Waals surface area contributed by atoms with Gasteiger partial charge in [-0.25, -0.2) is 0 Å². The second-order valence-corrected chi connectivity index (χ2v) is 3.04. The number of hydrogen-bond acceptors (Lipinski definition) is 6. The van der Waals surface area contributed by atoms with Crippen LogP contribution in [0.15, 0.2) is 29.1 Å². The van der Waals surface area contributed by atoms with Crippen molar-refractivity contribution < 1.29 is 14.1 Å². The Labute approximate surface area is 94.2 Å². The predicted molar refractivity (Wildman–Crippen MR) is 54.9 cm³/mol. The van der Waals surface area contributed by atoms with E-state index in [0.29, 0.717) is 0 Å². The molecule has 0 unspecified atom stereocenters. The summed E-state index contributed by atoms with van der Waals surface area (Å²) in [6.45, 7) is 0. The molecule has 8 heteroatoms. The minimum absolute atomic E-state index is 0.150. The molecule has 86 valence electrons. The molecule has 0 aromatic carbocycles. The summed E-state index contributed by atoms with van der Waals surface area (Å²) in [6.07, 6.45) is 4.17. The van der Waals surface area contributed by atoms with Gasteiger partial charge in [-0.2, -0.15) is 0 Å². The maximum atomic E-state index is 11.1. The van der Waals surface area contributed by atoms with E-state index in [2.05, 4.69) is 9.97 Å². The molecule has 1 amide bonds. The number of hydrogen-bond donors (Lipinski definition) is 1. The highest BCUT2D eigenvalue weighted by Crippen LogP contribution is 2.28. The van der Waals surface area contributed by atoms with Gasteiger partial charge in [-0.3, -0.25) is 24.9 Å². The summed E-state index contributed by atoms with van der Waals surface area (Å²) in [7, 11) is 0. The minimum atomic E-state index is -0.904. The maximum Gasteiger partial charge on any atom is 0.434 e. The number of amides is 1. The molecule has 2 rings (SSSR count). The fourth-order valence-corrected chi connectivity index (χ4v) is 1.28. The van der Waals surface area contributed by atoms with Gasteiger partial charge in [0.15, 0.2) is 0 Å². The van der Waals surface area contributed by atoms with Crippen LogP contribution in [0.4, 0.5) is 5.88 Å². The Morgan fingerprint density at radius 2 is 2.24 bits per heavy atom. The molecular weight excluding hydrogens is 228 g/mol. The van der Waals surface area contributed by atoms with Gasteiger partial charge in [-0.1, -0.05) is 0 Å². The highest BCUT2D eigenvalue weighted by Gasteiger charge is 2.24. The average molecular weight is 234 g/mol. The Bertz CT molecular complexity index is 578. The Morgan fingerprint density at radius 1 is 1.47 bits per heavy atom. The van der Waals surface area contributed by atoms with Gasteiger partial charge < -0.3 is 10.2 Å². The average Bonchev–Trinajstić information content (AvgIpc) is 2.75. The van der Waals surface area contributed by atoms with E-state index in [1.807, 2.05) is 0 Å². The molecule has 17 heavy (non-hydrogen) atoms. The van der Waals surface area contributed by atoms with Gasteiger partial charge in [0, 0.05) is 12.4 Å². The number of aromatic nitrogens is 2. The molecule has 0 spiro atoms. The first-order valence-electron chi connectivity index (χ1n) is 4.44. The third-order valence-corrected chi connectivity index (χ3v) is 1.96. The fraction of sp³-hybridized carbons (Fsp3) is 0. The van der Waals surface area contributed by atoms with Gasteiger partial charge in [0.25, 0.3) is 5.91 Å². The highest BCUT2D eigenvalue weighted by molar-refractivity contribution is 5.97. The molecule has 2 heterocycles. The van der Waals surface area contributed by atoms with Crippen LogP contribution in [0.2, 0.25) is 0 Å². The number of nitrogens with two attached hydrogens (primary N) is 1. The fourth-order valence-electron chi connectivity index (χ4n) is 1.28. The van der Waals surface area contributed by atoms with E-state index in [0.717, 1.165) is 6.07 Å². The molecule has 2 aromatic heterocycles. The van der Waals surface area contributed by atoms with E-state index in [1.54, 1.807) is 0 Å². The number of carbonyl (C=O) groups excluding carboxylic acids is 1. The summed E-state index contributed by atoms with van der Waals surface area (Å²) in [5.41, 5.74) is 5.49. The van der Waals surface area contributed by atoms with Crippen molar-refractivity contribution in [2.24, 2.45) is 5.73 Å². The van der Waals surface area contributed by atoms with Gasteiger partial charge in [-0.05, 0) is 0 Å². The van der Waals surface area contributed by atoms with Crippen molar-refractivity contribution in [3.63, 3.8) is 0 Å². The third kappa shape index (κ3) is 1.95. The number of nitrogens with zero attached hydrogens (tertiary/aromatic N) is 3. The van der Waals surface area contributed by atoms with Gasteiger partial charge in [-0.15, -0.1) is 0 Å². The molecular formula is C9H6N4O4. The number of primary amides is 1. The lowest BCUT2D eigenvalue weighted by Gasteiger charge is -1.95. The Morgan fingerprint density at radius 3 is 2.76 bits per heavy atom. The van der Waals surface area contributed by atoms with Crippen LogP contribution in [0.3, 0.4) is 0 Å². The number of rotatable bonds is 3. The van der Waals surface area contributed by atoms with E-state index >= 15 is 0 Å². The van der Waals surface area contributed by atoms with Crippen LogP contribution in [0, 0.1) is 10.1 Å². The van der Waals surface area contributed by atoms with Crippen LogP contribution in [0.25, 0.3) is 11.3 Å². The number of nitro groups is 1. The van der Waals surface area contributed by atoms with Crippen LogP contribution in [-0.2, 0) is 0 Å². The van der Waals surface area contributed by atoms with E-state index in [9.17, 15) is 14.9 Å². The maximum absolute atomic E-state index is 11.1. The lowest BCUT2D eigenvalue weighted by atomic mass is 10.2. The quantitative estimate of drug-likeness (QED) is 0.616. The van der Waals surface area contributed by atoms with Crippen molar-refractivity contribution in [1.29, 1.82) is 0 Å². The van der Waals surface area contributed by atoms with Gasteiger partial charge >= 0.3 is 5.88 Å². The SMILES string of the molecule is NC(=O)c1oc([N+](=O)[O-])cc1-c1cnccn1. The topological polar surface area (TPSA) is 125 Å². The molecule has 0 bridgehead atoms. The smallest absolute Gasteiger partial charge is 0.395 e. The summed E-state index contributed by atoms with van der Waals surface area (Å²) < 4.78 is 4.75. The summed E-state index contributed by atoms with van der Waals surface area (Å²) in [6, 6.07) is 1.09. The monoisotopic (exact) mass is 234 g/mol. The van der Waals surface area contributed by atoms with Crippen molar-refractivity contribution in [2.75, 3.05) is 0 Å². The largest absolute Gasteiger partial charge is 0.434 e. The van der Waals surface area contributed by atoms with Crippen LogP contribution >= 0.6 is 0 Å². The van der Waals surface area contributed by atoms with Crippen LogP contribution in [0.1, 0.15) is 10.6 Å². The zero-order chi connectivity index (χ0) is 12.4. The minimum Gasteiger partial charge on any atom is -0.395 e. The molecule has 8 nitrogen and oxygen atoms in total. The first kappa shape index (κ1) is 10.7. The molecule has 0 saturated heterocycles. The molecule has 2 N–H and O–H groups in total. The molecule has 0 aliphatic carbocycles. The van der Waals surface area contributed by atoms with E-state index in [1.165, 1.54) is 18.6 Å². The molecule has 2 aromatic rings. The number of carbonyl (C=O) groups is 1. The summed E-state index contributed by atoms with van der Waals surface area (Å²) in [5, 5.41) is 10.5. The summed E-state index contributed by atoms with van der Waals surface area (Å²) in [5.74, 6) is -1.78. The van der Waals surface area contributed by atoms with Crippen molar-refractivity contribution in [1.82, 2.24) is 9.97 Å². The molecule has 0 radical (unpaired) electrons. The summed E-state index contributed by atoms with van der Waals surface area (Å²) in [4.78, 5) is 28.6. The van der Waals surface area contributed by atoms with Gasteiger partial charge in [0.1, 0.15) is 4.92 Å². The van der Waals surface area contributed by atoms with E-state index in [-0.39, 0.29) is 17.0 Å². The van der Waals surface area contributed by atoms with Crippen LogP contribution < -0.4 is 5.73 Å². The van der Waals surface area contributed by atoms with Crippen molar-refractivity contribution >= 4 is 11.8 Å². The van der Waals surface area contributed by atoms with E-state index in [4.69, 9.17) is 10.2 Å². The second kappa shape index (κ2) is 4.00. The highest BCUT2D eigenvalue weighted by atomic mass is 16.6. The predicted octanol–water partition coefficient (Wildman–Crippen LogP) is 0.744. The lowest BCUT2D eigenvalue weighted by molar-refractivity contribution is -0.402. The van der Waals surface area contributed by atoms with Crippen LogP contribution in [0.5, 0.6) is 0 Å². The first-order valence-corrected chi connectivity index (χ1v) is 4.44. The molecule has 0 aliphatic rings. The number of furan rings is 1. The van der Waals surface area contributed by atoms with Crippen molar-refractivity contribution in [3.8, 4) is 11.3 Å². The molecule has 0 saturated carbocycles. The molecule has 0 aliphatic heterocycles. The zero-order valence-corrected chi connectivity index (χ0v) is 8.36. The van der Waals surface area contributed by atoms with Crippen molar-refractivity contribution in [3.05, 3.63) is 40.5 Å². The second-order valence-electron chi connectivity index (χ2n) is 3.04. The molecule has 0 atom stereocenters. The van der Waals surface area contributed by atoms with Crippen molar-refractivity contribution in [2.45, 2.75) is 0 Å². The Kier molecular flexibility index (Phi) is 2.53. The Hall–Kier alpha value is -2.77.